The van der Waals surface area contributed by atoms with E-state index in [1.54, 1.807) is 6.20 Å². The third kappa shape index (κ3) is 5.83. The van der Waals surface area contributed by atoms with Gasteiger partial charge in [0.25, 0.3) is 0 Å². The van der Waals surface area contributed by atoms with Crippen molar-refractivity contribution in [3.8, 4) is 0 Å². The Bertz CT molecular complexity index is 540. The second-order valence-corrected chi connectivity index (χ2v) is 5.91. The van der Waals surface area contributed by atoms with Crippen LogP contribution < -0.4 is 11.1 Å². The zero-order valence-corrected chi connectivity index (χ0v) is 14.0. The summed E-state index contributed by atoms with van der Waals surface area (Å²) in [6.07, 6.45) is 6.63. The summed E-state index contributed by atoms with van der Waals surface area (Å²) >= 11 is 0. The smallest absolute Gasteiger partial charge is 0.0401 e. The SMILES string of the molecule is C=C(/C=C(\C=C/N)N1CCN(C)CC1)NCCc1ccccc1. The zero-order chi connectivity index (χ0) is 16.5. The van der Waals surface area contributed by atoms with Gasteiger partial charge in [-0.2, -0.15) is 0 Å². The highest BCUT2D eigenvalue weighted by Gasteiger charge is 2.14. The summed E-state index contributed by atoms with van der Waals surface area (Å²) in [5.41, 5.74) is 8.99. The van der Waals surface area contributed by atoms with Gasteiger partial charge in [0.15, 0.2) is 0 Å². The van der Waals surface area contributed by atoms with Crippen molar-refractivity contribution in [1.29, 1.82) is 0 Å². The van der Waals surface area contributed by atoms with Gasteiger partial charge in [-0.15, -0.1) is 0 Å². The van der Waals surface area contributed by atoms with Crippen LogP contribution in [0, 0.1) is 0 Å². The minimum atomic E-state index is 0.877. The summed E-state index contributed by atoms with van der Waals surface area (Å²) in [4.78, 5) is 4.70. The summed E-state index contributed by atoms with van der Waals surface area (Å²) in [7, 11) is 2.16. The first-order valence-corrected chi connectivity index (χ1v) is 8.19. The lowest BCUT2D eigenvalue weighted by Crippen LogP contribution is -2.43. The third-order valence-electron chi connectivity index (χ3n) is 4.07. The number of benzene rings is 1. The van der Waals surface area contributed by atoms with Crippen LogP contribution in [-0.4, -0.2) is 49.6 Å². The Hall–Kier alpha value is -2.20. The molecule has 1 aromatic carbocycles. The minimum Gasteiger partial charge on any atom is -0.405 e. The Labute approximate surface area is 140 Å². The molecule has 2 rings (SSSR count). The van der Waals surface area contributed by atoms with Crippen LogP contribution in [0.4, 0.5) is 0 Å². The molecular weight excluding hydrogens is 284 g/mol. The first-order chi connectivity index (χ1) is 11.2. The average molecular weight is 312 g/mol. The molecule has 124 valence electrons. The quantitative estimate of drug-likeness (QED) is 0.755. The maximum absolute atomic E-state index is 5.61. The molecule has 0 radical (unpaired) electrons. The van der Waals surface area contributed by atoms with Gasteiger partial charge in [0, 0.05) is 44.1 Å². The van der Waals surface area contributed by atoms with Gasteiger partial charge in [-0.1, -0.05) is 36.9 Å². The molecule has 1 aliphatic rings. The largest absolute Gasteiger partial charge is 0.405 e. The molecular formula is C19H28N4. The van der Waals surface area contributed by atoms with Crippen molar-refractivity contribution in [2.75, 3.05) is 39.8 Å². The Balaban J connectivity index is 1.86. The topological polar surface area (TPSA) is 44.5 Å². The monoisotopic (exact) mass is 312 g/mol. The molecule has 1 saturated heterocycles. The Morgan fingerprint density at radius 2 is 1.91 bits per heavy atom. The van der Waals surface area contributed by atoms with Crippen molar-refractivity contribution in [3.05, 3.63) is 72.2 Å². The number of nitrogens with one attached hydrogen (secondary N) is 1. The maximum atomic E-state index is 5.61. The van der Waals surface area contributed by atoms with Crippen LogP contribution >= 0.6 is 0 Å². The molecule has 3 N–H and O–H groups in total. The second kappa shape index (κ2) is 9.06. The highest BCUT2D eigenvalue weighted by Crippen LogP contribution is 2.11. The molecule has 0 unspecified atom stereocenters. The van der Waals surface area contributed by atoms with Crippen LogP contribution in [0.3, 0.4) is 0 Å². The predicted octanol–water partition coefficient (Wildman–Crippen LogP) is 1.94. The fourth-order valence-corrected chi connectivity index (χ4v) is 2.65. The van der Waals surface area contributed by atoms with Gasteiger partial charge in [-0.05, 0) is 37.4 Å². The Morgan fingerprint density at radius 3 is 2.57 bits per heavy atom. The molecule has 0 saturated carbocycles. The van der Waals surface area contributed by atoms with Crippen LogP contribution in [0.5, 0.6) is 0 Å². The zero-order valence-electron chi connectivity index (χ0n) is 14.0. The fourth-order valence-electron chi connectivity index (χ4n) is 2.65. The third-order valence-corrected chi connectivity index (χ3v) is 4.07. The molecule has 0 spiro atoms. The van der Waals surface area contributed by atoms with Crippen LogP contribution in [0.25, 0.3) is 0 Å². The van der Waals surface area contributed by atoms with E-state index in [2.05, 4.69) is 59.1 Å². The molecule has 0 bridgehead atoms. The first kappa shape index (κ1) is 17.2. The number of piperazine rings is 1. The van der Waals surface area contributed by atoms with Crippen molar-refractivity contribution in [2.45, 2.75) is 6.42 Å². The van der Waals surface area contributed by atoms with E-state index < -0.39 is 0 Å². The normalized spacial score (nSPS) is 16.7. The van der Waals surface area contributed by atoms with Crippen molar-refractivity contribution in [3.63, 3.8) is 0 Å². The highest BCUT2D eigenvalue weighted by molar-refractivity contribution is 5.27. The van der Waals surface area contributed by atoms with E-state index in [1.807, 2.05) is 12.1 Å². The van der Waals surface area contributed by atoms with Gasteiger partial charge >= 0.3 is 0 Å². The number of nitrogens with two attached hydrogens (primary N) is 1. The molecule has 0 amide bonds. The standard InChI is InChI=1S/C19H28N4/c1-17(21-11-9-18-6-4-3-5-7-18)16-19(8-10-20)23-14-12-22(2)13-15-23/h3-8,10,16,21H,1,9,11-15,20H2,2H3/b10-8-,19-16+. The van der Waals surface area contributed by atoms with Gasteiger partial charge in [-0.3, -0.25) is 0 Å². The number of hydrogen-bond donors (Lipinski definition) is 2. The van der Waals surface area contributed by atoms with Crippen LogP contribution in [0.15, 0.2) is 66.7 Å². The van der Waals surface area contributed by atoms with Crippen molar-refractivity contribution in [1.82, 2.24) is 15.1 Å². The summed E-state index contributed by atoms with van der Waals surface area (Å²) in [6.45, 7) is 9.18. The van der Waals surface area contributed by atoms with Crippen LogP contribution in [0.2, 0.25) is 0 Å². The maximum Gasteiger partial charge on any atom is 0.0401 e. The Kier molecular flexibility index (Phi) is 6.76. The number of nitrogens with zero attached hydrogens (tertiary/aromatic N) is 2. The lowest BCUT2D eigenvalue weighted by molar-refractivity contribution is 0.190. The van der Waals surface area contributed by atoms with Crippen molar-refractivity contribution < 1.29 is 0 Å². The summed E-state index contributed by atoms with van der Waals surface area (Å²) in [5.74, 6) is 0. The summed E-state index contributed by atoms with van der Waals surface area (Å²) in [5, 5.41) is 3.39. The van der Waals surface area contributed by atoms with E-state index in [0.29, 0.717) is 0 Å². The summed E-state index contributed by atoms with van der Waals surface area (Å²) in [6, 6.07) is 10.5. The Morgan fingerprint density at radius 1 is 1.22 bits per heavy atom. The van der Waals surface area contributed by atoms with Crippen LogP contribution in [0.1, 0.15) is 5.56 Å². The van der Waals surface area contributed by atoms with Crippen molar-refractivity contribution >= 4 is 0 Å². The molecule has 1 aliphatic heterocycles. The van der Waals surface area contributed by atoms with E-state index in [-0.39, 0.29) is 0 Å². The molecule has 1 heterocycles. The number of rotatable bonds is 7. The lowest BCUT2D eigenvalue weighted by atomic mass is 10.1. The fraction of sp³-hybridized carbons (Fsp3) is 0.368. The molecule has 0 aromatic heterocycles. The lowest BCUT2D eigenvalue weighted by Gasteiger charge is -2.34. The average Bonchev–Trinajstić information content (AvgIpc) is 2.56. The van der Waals surface area contributed by atoms with E-state index >= 15 is 0 Å². The molecule has 4 heteroatoms. The van der Waals surface area contributed by atoms with Gasteiger partial charge in [0.2, 0.25) is 0 Å². The van der Waals surface area contributed by atoms with Gasteiger partial charge in [-0.25, -0.2) is 0 Å². The molecule has 4 nitrogen and oxygen atoms in total. The minimum absolute atomic E-state index is 0.877. The molecule has 0 atom stereocenters. The van der Waals surface area contributed by atoms with Gasteiger partial charge < -0.3 is 20.9 Å². The van der Waals surface area contributed by atoms with E-state index in [4.69, 9.17) is 5.73 Å². The number of allylic oxidation sites excluding steroid dienone is 2. The van der Waals surface area contributed by atoms with E-state index in [9.17, 15) is 0 Å². The highest BCUT2D eigenvalue weighted by atomic mass is 15.2. The predicted molar refractivity (Wildman–Crippen MR) is 97.8 cm³/mol. The van der Waals surface area contributed by atoms with Crippen molar-refractivity contribution in [2.24, 2.45) is 5.73 Å². The van der Waals surface area contributed by atoms with Crippen LogP contribution in [-0.2, 0) is 6.42 Å². The van der Waals surface area contributed by atoms with Gasteiger partial charge in [0.05, 0.1) is 0 Å². The van der Waals surface area contributed by atoms with Gasteiger partial charge in [0.1, 0.15) is 0 Å². The first-order valence-electron chi connectivity index (χ1n) is 8.19. The molecule has 23 heavy (non-hydrogen) atoms. The van der Waals surface area contributed by atoms with E-state index in [1.165, 1.54) is 5.56 Å². The van der Waals surface area contributed by atoms with E-state index in [0.717, 1.165) is 50.5 Å². The molecule has 1 fully saturated rings. The molecule has 0 aliphatic carbocycles. The summed E-state index contributed by atoms with van der Waals surface area (Å²) < 4.78 is 0. The number of hydrogen-bond acceptors (Lipinski definition) is 4. The molecule has 1 aromatic rings. The second-order valence-electron chi connectivity index (χ2n) is 5.91. The number of likely N-dealkylation sites (N-methyl/N-ethyl adjacent to an activating group) is 1.